The van der Waals surface area contributed by atoms with E-state index < -0.39 is 5.82 Å². The molecule has 0 saturated heterocycles. The Morgan fingerprint density at radius 1 is 1.22 bits per heavy atom. The molecule has 0 saturated carbocycles. The van der Waals surface area contributed by atoms with Crippen molar-refractivity contribution in [3.8, 4) is 0 Å². The molecule has 0 fully saturated rings. The molecule has 92 valence electrons. The van der Waals surface area contributed by atoms with Gasteiger partial charge in [-0.1, -0.05) is 28.1 Å². The van der Waals surface area contributed by atoms with Crippen LogP contribution in [-0.4, -0.2) is 5.78 Å². The Morgan fingerprint density at radius 3 is 2.67 bits per heavy atom. The first-order valence-electron chi connectivity index (χ1n) is 5.39. The number of carbonyl (C=O) groups is 1. The number of benzene rings is 2. The molecule has 0 atom stereocenters. The second-order valence-electron chi connectivity index (χ2n) is 3.97. The van der Waals surface area contributed by atoms with Crippen molar-refractivity contribution in [3.63, 3.8) is 0 Å². The largest absolute Gasteiger partial charge is 0.396 e. The molecule has 0 unspecified atom stereocenters. The van der Waals surface area contributed by atoms with Gasteiger partial charge in [-0.15, -0.1) is 0 Å². The average Bonchev–Trinajstić information content (AvgIpc) is 2.32. The second-order valence-corrected chi connectivity index (χ2v) is 4.88. The number of hydrogen-bond acceptors (Lipinski definition) is 2. The summed E-state index contributed by atoms with van der Waals surface area (Å²) in [6.07, 6.45) is 0.239. The molecule has 2 aromatic carbocycles. The quantitative estimate of drug-likeness (QED) is 0.695. The first-order valence-corrected chi connectivity index (χ1v) is 6.18. The van der Waals surface area contributed by atoms with E-state index in [1.807, 2.05) is 24.3 Å². The van der Waals surface area contributed by atoms with Crippen molar-refractivity contribution < 1.29 is 9.18 Å². The summed E-state index contributed by atoms with van der Waals surface area (Å²) in [5.74, 6) is -0.693. The molecule has 0 aliphatic rings. The molecule has 18 heavy (non-hydrogen) atoms. The molecule has 0 aromatic heterocycles. The predicted octanol–water partition coefficient (Wildman–Crippen LogP) is 3.60. The molecule has 0 spiro atoms. The van der Waals surface area contributed by atoms with Gasteiger partial charge >= 0.3 is 0 Å². The van der Waals surface area contributed by atoms with Crippen LogP contribution in [0.25, 0.3) is 0 Å². The van der Waals surface area contributed by atoms with E-state index in [9.17, 15) is 9.18 Å². The highest BCUT2D eigenvalue weighted by Crippen LogP contribution is 2.16. The summed E-state index contributed by atoms with van der Waals surface area (Å²) in [6.45, 7) is 0. The lowest BCUT2D eigenvalue weighted by Gasteiger charge is -2.03. The highest BCUT2D eigenvalue weighted by Gasteiger charge is 2.09. The molecule has 2 aromatic rings. The minimum absolute atomic E-state index is 0.0500. The van der Waals surface area contributed by atoms with Gasteiger partial charge in [0.15, 0.2) is 5.78 Å². The minimum Gasteiger partial charge on any atom is -0.396 e. The van der Waals surface area contributed by atoms with E-state index in [-0.39, 0.29) is 17.9 Å². The second kappa shape index (κ2) is 5.31. The topological polar surface area (TPSA) is 43.1 Å². The SMILES string of the molecule is Nc1ccc(C(=O)Cc2cccc(Br)c2)cc1F. The summed E-state index contributed by atoms with van der Waals surface area (Å²) < 4.78 is 14.2. The van der Waals surface area contributed by atoms with E-state index in [0.29, 0.717) is 5.56 Å². The third-order valence-electron chi connectivity index (χ3n) is 2.58. The molecule has 0 aliphatic carbocycles. The molecule has 0 radical (unpaired) electrons. The maximum Gasteiger partial charge on any atom is 0.167 e. The lowest BCUT2D eigenvalue weighted by Crippen LogP contribution is -2.05. The highest BCUT2D eigenvalue weighted by molar-refractivity contribution is 9.10. The van der Waals surface area contributed by atoms with Crippen LogP contribution in [0.15, 0.2) is 46.9 Å². The van der Waals surface area contributed by atoms with Gasteiger partial charge in [-0.05, 0) is 35.9 Å². The van der Waals surface area contributed by atoms with Crippen molar-refractivity contribution in [3.05, 3.63) is 63.9 Å². The van der Waals surface area contributed by atoms with Crippen LogP contribution in [0.4, 0.5) is 10.1 Å². The summed E-state index contributed by atoms with van der Waals surface area (Å²) in [5.41, 5.74) is 6.63. The molecule has 2 nitrogen and oxygen atoms in total. The van der Waals surface area contributed by atoms with Gasteiger partial charge in [0, 0.05) is 16.5 Å². The van der Waals surface area contributed by atoms with Crippen LogP contribution < -0.4 is 5.73 Å². The van der Waals surface area contributed by atoms with Crippen molar-refractivity contribution in [1.29, 1.82) is 0 Å². The fraction of sp³-hybridized carbons (Fsp3) is 0.0714. The van der Waals surface area contributed by atoms with E-state index >= 15 is 0 Å². The Balaban J connectivity index is 2.19. The molecular weight excluding hydrogens is 297 g/mol. The summed E-state index contributed by atoms with van der Waals surface area (Å²) in [7, 11) is 0. The van der Waals surface area contributed by atoms with E-state index in [4.69, 9.17) is 5.73 Å². The molecule has 0 heterocycles. The van der Waals surface area contributed by atoms with Crippen LogP contribution in [0.3, 0.4) is 0 Å². The van der Waals surface area contributed by atoms with Gasteiger partial charge in [-0.3, -0.25) is 4.79 Å². The highest BCUT2D eigenvalue weighted by atomic mass is 79.9. The number of rotatable bonds is 3. The van der Waals surface area contributed by atoms with Gasteiger partial charge in [-0.25, -0.2) is 4.39 Å². The number of Topliss-reactive ketones (excluding diaryl/α,β-unsaturated/α-hetero) is 1. The molecule has 0 amide bonds. The Bertz CT molecular complexity index is 598. The lowest BCUT2D eigenvalue weighted by molar-refractivity contribution is 0.0992. The first kappa shape index (κ1) is 12.8. The van der Waals surface area contributed by atoms with Crippen LogP contribution in [-0.2, 0) is 6.42 Å². The Hall–Kier alpha value is -1.68. The van der Waals surface area contributed by atoms with E-state index in [2.05, 4.69) is 15.9 Å². The minimum atomic E-state index is -0.560. The smallest absolute Gasteiger partial charge is 0.167 e. The zero-order valence-corrected chi connectivity index (χ0v) is 11.1. The van der Waals surface area contributed by atoms with Gasteiger partial charge in [0.25, 0.3) is 0 Å². The van der Waals surface area contributed by atoms with Crippen LogP contribution in [0.2, 0.25) is 0 Å². The zero-order chi connectivity index (χ0) is 13.1. The Morgan fingerprint density at radius 2 is 2.00 bits per heavy atom. The maximum absolute atomic E-state index is 13.3. The lowest BCUT2D eigenvalue weighted by atomic mass is 10.0. The number of carbonyl (C=O) groups excluding carboxylic acids is 1. The molecule has 2 N–H and O–H groups in total. The number of halogens is 2. The van der Waals surface area contributed by atoms with Gasteiger partial charge in [0.2, 0.25) is 0 Å². The van der Waals surface area contributed by atoms with Crippen molar-refractivity contribution in [2.45, 2.75) is 6.42 Å². The van der Waals surface area contributed by atoms with E-state index in [1.165, 1.54) is 12.1 Å². The van der Waals surface area contributed by atoms with Gasteiger partial charge in [0.05, 0.1) is 5.69 Å². The number of ketones is 1. The Kier molecular flexibility index (Phi) is 3.77. The Labute approximate surface area is 113 Å². The number of nitrogens with two attached hydrogens (primary N) is 1. The summed E-state index contributed by atoms with van der Waals surface area (Å²) in [4.78, 5) is 12.0. The van der Waals surface area contributed by atoms with Gasteiger partial charge in [-0.2, -0.15) is 0 Å². The van der Waals surface area contributed by atoms with Crippen LogP contribution in [0.5, 0.6) is 0 Å². The first-order chi connectivity index (χ1) is 8.56. The fourth-order valence-corrected chi connectivity index (χ4v) is 2.08. The fourth-order valence-electron chi connectivity index (χ4n) is 1.63. The summed E-state index contributed by atoms with van der Waals surface area (Å²) >= 11 is 3.34. The van der Waals surface area contributed by atoms with Crippen molar-refractivity contribution >= 4 is 27.4 Å². The van der Waals surface area contributed by atoms with E-state index in [1.54, 1.807) is 6.07 Å². The number of nitrogen functional groups attached to an aromatic ring is 1. The standard InChI is InChI=1S/C14H11BrFNO/c15-11-3-1-2-9(6-11)7-14(18)10-4-5-13(17)12(16)8-10/h1-6,8H,7,17H2. The van der Waals surface area contributed by atoms with Gasteiger partial charge in [0.1, 0.15) is 5.82 Å². The van der Waals surface area contributed by atoms with Crippen LogP contribution in [0.1, 0.15) is 15.9 Å². The molecular formula is C14H11BrFNO. The van der Waals surface area contributed by atoms with E-state index in [0.717, 1.165) is 10.0 Å². The molecule has 2 rings (SSSR count). The summed E-state index contributed by atoms with van der Waals surface area (Å²) in [6, 6.07) is 11.6. The normalized spacial score (nSPS) is 10.3. The predicted molar refractivity (Wildman–Crippen MR) is 73.0 cm³/mol. The van der Waals surface area contributed by atoms with Crippen molar-refractivity contribution in [2.24, 2.45) is 0 Å². The third-order valence-corrected chi connectivity index (χ3v) is 3.07. The number of anilines is 1. The van der Waals surface area contributed by atoms with Crippen molar-refractivity contribution in [2.75, 3.05) is 5.73 Å². The van der Waals surface area contributed by atoms with Crippen molar-refractivity contribution in [1.82, 2.24) is 0 Å². The maximum atomic E-state index is 13.3. The van der Waals surface area contributed by atoms with Gasteiger partial charge < -0.3 is 5.73 Å². The average molecular weight is 308 g/mol. The van der Waals surface area contributed by atoms with Crippen LogP contribution >= 0.6 is 15.9 Å². The summed E-state index contributed by atoms with van der Waals surface area (Å²) in [5, 5.41) is 0. The molecule has 0 aliphatic heterocycles. The number of hydrogen-bond donors (Lipinski definition) is 1. The van der Waals surface area contributed by atoms with Crippen LogP contribution in [0, 0.1) is 5.82 Å². The molecule has 4 heteroatoms. The molecule has 0 bridgehead atoms. The zero-order valence-electron chi connectivity index (χ0n) is 9.49. The third kappa shape index (κ3) is 2.96. The monoisotopic (exact) mass is 307 g/mol.